The zero-order chi connectivity index (χ0) is 43.5. The van der Waals surface area contributed by atoms with Crippen molar-refractivity contribution in [2.24, 2.45) is 0 Å². The topological polar surface area (TPSA) is 99.1 Å². The molecule has 0 spiro atoms. The summed E-state index contributed by atoms with van der Waals surface area (Å²) in [5, 5.41) is 9.63. The number of ether oxygens (including phenoxy) is 3. The van der Waals surface area contributed by atoms with E-state index in [4.69, 9.17) is 14.2 Å². The van der Waals surface area contributed by atoms with Gasteiger partial charge in [0.2, 0.25) is 0 Å². The van der Waals surface area contributed by atoms with Gasteiger partial charge in [-0.05, 0) is 77.0 Å². The number of likely N-dealkylation sites (N-methyl/N-ethyl adjacent to an activating group) is 1. The van der Waals surface area contributed by atoms with E-state index in [9.17, 15) is 19.5 Å². The molecular formula is C51H88NO7+. The highest BCUT2D eigenvalue weighted by Gasteiger charge is 2.31. The van der Waals surface area contributed by atoms with Crippen molar-refractivity contribution in [1.29, 1.82) is 0 Å². The van der Waals surface area contributed by atoms with Crippen LogP contribution in [0.15, 0.2) is 72.9 Å². The van der Waals surface area contributed by atoms with Crippen LogP contribution < -0.4 is 0 Å². The van der Waals surface area contributed by atoms with Gasteiger partial charge in [0.05, 0.1) is 34.4 Å². The molecule has 0 aromatic rings. The number of nitrogens with zero attached hydrogens (tertiary/aromatic N) is 1. The van der Waals surface area contributed by atoms with Gasteiger partial charge in [-0.15, -0.1) is 0 Å². The van der Waals surface area contributed by atoms with E-state index in [1.54, 1.807) is 0 Å². The Kier molecular flexibility index (Phi) is 39.2. The molecule has 0 aromatic heterocycles. The second-order valence-corrected chi connectivity index (χ2v) is 16.6. The van der Waals surface area contributed by atoms with E-state index in [2.05, 4.69) is 86.8 Å². The Hall–Kier alpha value is -3.23. The average molecular weight is 827 g/mol. The number of quaternary nitrogens is 1. The highest BCUT2D eigenvalue weighted by atomic mass is 16.6. The number of esters is 2. The first kappa shape index (κ1) is 55.8. The van der Waals surface area contributed by atoms with Crippen molar-refractivity contribution in [3.63, 3.8) is 0 Å². The lowest BCUT2D eigenvalue weighted by atomic mass is 10.0. The molecule has 0 bridgehead atoms. The van der Waals surface area contributed by atoms with Gasteiger partial charge in [0.15, 0.2) is 12.1 Å². The molecule has 0 aliphatic heterocycles. The maximum atomic E-state index is 12.7. The summed E-state index contributed by atoms with van der Waals surface area (Å²) in [5.74, 6) is -1.50. The summed E-state index contributed by atoms with van der Waals surface area (Å²) in [6.45, 7) is 4.48. The molecule has 59 heavy (non-hydrogen) atoms. The van der Waals surface area contributed by atoms with Crippen molar-refractivity contribution in [3.8, 4) is 0 Å². The van der Waals surface area contributed by atoms with Crippen LogP contribution in [0, 0.1) is 0 Å². The summed E-state index contributed by atoms with van der Waals surface area (Å²) in [6.07, 6.45) is 52.3. The minimum absolute atomic E-state index is 0.0482. The van der Waals surface area contributed by atoms with Crippen LogP contribution in [0.25, 0.3) is 0 Å². The van der Waals surface area contributed by atoms with E-state index in [1.165, 1.54) is 57.8 Å². The normalized spacial score (nSPS) is 13.6. The summed E-state index contributed by atoms with van der Waals surface area (Å²) in [7, 11) is 5.51. The van der Waals surface area contributed by atoms with Crippen LogP contribution in [0.5, 0.6) is 0 Å². The molecule has 0 amide bonds. The summed E-state index contributed by atoms with van der Waals surface area (Å²) >= 11 is 0. The first-order valence-corrected chi connectivity index (χ1v) is 23.5. The Morgan fingerprint density at radius 2 is 0.898 bits per heavy atom. The molecule has 1 N–H and O–H groups in total. The Morgan fingerprint density at radius 3 is 1.32 bits per heavy atom. The zero-order valence-electron chi connectivity index (χ0n) is 38.4. The van der Waals surface area contributed by atoms with Gasteiger partial charge in [-0.25, -0.2) is 4.79 Å². The lowest BCUT2D eigenvalue weighted by molar-refractivity contribution is -0.887. The Balaban J connectivity index is 4.29. The second-order valence-electron chi connectivity index (χ2n) is 16.6. The molecule has 2 atom stereocenters. The number of carboxylic acids is 1. The number of hydrogen-bond donors (Lipinski definition) is 1. The molecule has 0 aliphatic rings. The van der Waals surface area contributed by atoms with Crippen molar-refractivity contribution in [2.75, 3.05) is 41.0 Å². The fourth-order valence-corrected chi connectivity index (χ4v) is 6.53. The van der Waals surface area contributed by atoms with Crippen molar-refractivity contribution in [2.45, 2.75) is 193 Å². The molecule has 2 unspecified atom stereocenters. The molecule has 0 aromatic carbocycles. The van der Waals surface area contributed by atoms with E-state index in [1.807, 2.05) is 21.1 Å². The third kappa shape index (κ3) is 40.0. The number of allylic oxidation sites excluding steroid dienone is 12. The third-order valence-corrected chi connectivity index (χ3v) is 10.1. The van der Waals surface area contributed by atoms with Gasteiger partial charge in [-0.2, -0.15) is 0 Å². The van der Waals surface area contributed by atoms with Crippen LogP contribution in [0.3, 0.4) is 0 Å². The predicted molar refractivity (Wildman–Crippen MR) is 247 cm³/mol. The highest BCUT2D eigenvalue weighted by Crippen LogP contribution is 2.14. The summed E-state index contributed by atoms with van der Waals surface area (Å²) < 4.78 is 17.3. The standard InChI is InChI=1S/C51H87NO7/c1-6-8-10-12-14-16-18-20-22-23-24-25-26-27-28-30-31-33-35-37-39-41-49(53)58-46-47(45-57-44-43-48(51(55)56)52(3,4)5)59-50(54)42-40-38-36-34-32-29-21-19-17-15-13-11-9-7-2/h8-11,14-17,20-22,29,47-48H,6-7,12-13,18-19,23-28,30-46H2,1-5H3/p+1/b10-8+,11-9+,16-14+,17-15+,22-20+,29-21+. The number of carbonyl (C=O) groups excluding carboxylic acids is 2. The maximum Gasteiger partial charge on any atom is 0.362 e. The van der Waals surface area contributed by atoms with Crippen molar-refractivity contribution < 1.29 is 38.2 Å². The fourth-order valence-electron chi connectivity index (χ4n) is 6.53. The number of hydrogen-bond acceptors (Lipinski definition) is 6. The molecule has 338 valence electrons. The number of carboxylic acid groups (broad SMARTS) is 1. The Labute approximate surface area is 361 Å². The van der Waals surface area contributed by atoms with Crippen LogP contribution >= 0.6 is 0 Å². The smallest absolute Gasteiger partial charge is 0.362 e. The lowest BCUT2D eigenvalue weighted by Gasteiger charge is -2.31. The number of aliphatic carboxylic acids is 1. The summed E-state index contributed by atoms with van der Waals surface area (Å²) in [5.41, 5.74) is 0. The molecule has 0 heterocycles. The van der Waals surface area contributed by atoms with Gasteiger partial charge in [-0.1, -0.05) is 157 Å². The van der Waals surface area contributed by atoms with Crippen LogP contribution in [0.2, 0.25) is 0 Å². The lowest BCUT2D eigenvalue weighted by Crippen LogP contribution is -2.50. The summed E-state index contributed by atoms with van der Waals surface area (Å²) in [6, 6.07) is -0.622. The monoisotopic (exact) mass is 827 g/mol. The van der Waals surface area contributed by atoms with Crippen molar-refractivity contribution >= 4 is 17.9 Å². The van der Waals surface area contributed by atoms with Crippen molar-refractivity contribution in [3.05, 3.63) is 72.9 Å². The van der Waals surface area contributed by atoms with Crippen LogP contribution in [-0.4, -0.2) is 80.6 Å². The maximum absolute atomic E-state index is 12.7. The van der Waals surface area contributed by atoms with Crippen LogP contribution in [0.1, 0.15) is 181 Å². The quantitative estimate of drug-likeness (QED) is 0.0284. The van der Waals surface area contributed by atoms with Crippen molar-refractivity contribution in [1.82, 2.24) is 0 Å². The van der Waals surface area contributed by atoms with Crippen LogP contribution in [-0.2, 0) is 28.6 Å². The average Bonchev–Trinajstić information content (AvgIpc) is 3.19. The SMILES string of the molecule is CC/C=C/C/C=C/C/C=C/CCCCCCCCCCCCCC(=O)OCC(COCCC(C(=O)O)[N+](C)(C)C)OC(=O)CCCCCC/C=C/C/C=C/C/C=C/CC. The minimum Gasteiger partial charge on any atom is -0.477 e. The number of unbranched alkanes of at least 4 members (excludes halogenated alkanes) is 15. The van der Waals surface area contributed by atoms with E-state index in [0.29, 0.717) is 19.3 Å². The Morgan fingerprint density at radius 1 is 0.508 bits per heavy atom. The van der Waals surface area contributed by atoms with Crippen LogP contribution in [0.4, 0.5) is 0 Å². The highest BCUT2D eigenvalue weighted by molar-refractivity contribution is 5.72. The van der Waals surface area contributed by atoms with Gasteiger partial charge in [0.25, 0.3) is 0 Å². The van der Waals surface area contributed by atoms with Gasteiger partial charge < -0.3 is 23.8 Å². The van der Waals surface area contributed by atoms with E-state index < -0.39 is 18.1 Å². The molecule has 0 fully saturated rings. The number of carbonyl (C=O) groups is 3. The molecule has 0 rings (SSSR count). The number of rotatable bonds is 41. The minimum atomic E-state index is -0.881. The van der Waals surface area contributed by atoms with Gasteiger partial charge in [0, 0.05) is 19.3 Å². The van der Waals surface area contributed by atoms with E-state index >= 15 is 0 Å². The second kappa shape index (κ2) is 41.5. The predicted octanol–water partition coefficient (Wildman–Crippen LogP) is 13.1. The molecule has 0 saturated carbocycles. The van der Waals surface area contributed by atoms with Gasteiger partial charge >= 0.3 is 17.9 Å². The Bertz CT molecular complexity index is 1190. The third-order valence-electron chi connectivity index (χ3n) is 10.1. The molecule has 8 heteroatoms. The molecule has 8 nitrogen and oxygen atoms in total. The van der Waals surface area contributed by atoms with Gasteiger partial charge in [-0.3, -0.25) is 9.59 Å². The molecule has 0 aliphatic carbocycles. The molecular weight excluding hydrogens is 739 g/mol. The zero-order valence-corrected chi connectivity index (χ0v) is 38.4. The van der Waals surface area contributed by atoms with E-state index in [0.717, 1.165) is 89.9 Å². The first-order chi connectivity index (χ1) is 28.6. The van der Waals surface area contributed by atoms with Gasteiger partial charge in [0.1, 0.15) is 6.61 Å². The largest absolute Gasteiger partial charge is 0.477 e. The first-order valence-electron chi connectivity index (χ1n) is 23.5. The fraction of sp³-hybridized carbons (Fsp3) is 0.706. The van der Waals surface area contributed by atoms with E-state index in [-0.39, 0.29) is 36.2 Å². The molecule has 0 saturated heterocycles. The molecule has 0 radical (unpaired) electrons. The summed E-state index contributed by atoms with van der Waals surface area (Å²) in [4.78, 5) is 37.0.